The molecule has 6 nitrogen and oxygen atoms in total. The molecule has 0 atom stereocenters. The summed E-state index contributed by atoms with van der Waals surface area (Å²) in [5.74, 6) is 0.102. The zero-order chi connectivity index (χ0) is 18.5. The van der Waals surface area contributed by atoms with Crippen molar-refractivity contribution < 1.29 is 13.2 Å². The molecule has 0 aromatic heterocycles. The van der Waals surface area contributed by atoms with Crippen LogP contribution in [0.15, 0.2) is 30.3 Å². The molecule has 0 saturated carbocycles. The van der Waals surface area contributed by atoms with Gasteiger partial charge in [-0.2, -0.15) is 0 Å². The van der Waals surface area contributed by atoms with E-state index >= 15 is 0 Å². The predicted octanol–water partition coefficient (Wildman–Crippen LogP) is 2.07. The largest absolute Gasteiger partial charge is 0.333 e. The summed E-state index contributed by atoms with van der Waals surface area (Å²) in [5, 5.41) is 2.94. The smallest absolute Gasteiger partial charge is 0.317 e. The van der Waals surface area contributed by atoms with Gasteiger partial charge in [0.25, 0.3) is 0 Å². The molecule has 140 valence electrons. The molecule has 0 bridgehead atoms. The highest BCUT2D eigenvalue weighted by Crippen LogP contribution is 2.12. The van der Waals surface area contributed by atoms with Crippen molar-refractivity contribution in [1.29, 1.82) is 0 Å². The average molecular weight is 368 g/mol. The molecule has 1 aromatic carbocycles. The first-order chi connectivity index (χ1) is 11.7. The number of amides is 2. The maximum atomic E-state index is 12.6. The fraction of sp³-hybridized carbons (Fsp3) is 0.611. The molecule has 1 aromatic rings. The summed E-state index contributed by atoms with van der Waals surface area (Å²) < 4.78 is 26.8. The average Bonchev–Trinajstić information content (AvgIpc) is 2.79. The monoisotopic (exact) mass is 367 g/mol. The van der Waals surface area contributed by atoms with Crippen molar-refractivity contribution in [3.8, 4) is 0 Å². The minimum absolute atomic E-state index is 0.102. The van der Waals surface area contributed by atoms with E-state index in [0.29, 0.717) is 39.0 Å². The van der Waals surface area contributed by atoms with Crippen molar-refractivity contribution >= 4 is 16.1 Å². The van der Waals surface area contributed by atoms with E-state index in [1.807, 2.05) is 51.1 Å². The van der Waals surface area contributed by atoms with Crippen LogP contribution in [-0.2, 0) is 16.4 Å². The van der Waals surface area contributed by atoms with Crippen molar-refractivity contribution in [1.82, 2.24) is 14.5 Å². The first-order valence-corrected chi connectivity index (χ1v) is 10.4. The van der Waals surface area contributed by atoms with Crippen LogP contribution in [0, 0.1) is 0 Å². The quantitative estimate of drug-likeness (QED) is 0.886. The van der Waals surface area contributed by atoms with Gasteiger partial charge >= 0.3 is 6.03 Å². The van der Waals surface area contributed by atoms with Gasteiger partial charge in [0.2, 0.25) is 10.0 Å². The van der Waals surface area contributed by atoms with Gasteiger partial charge in [-0.05, 0) is 39.2 Å². The Labute approximate surface area is 151 Å². The Morgan fingerprint density at radius 1 is 1.08 bits per heavy atom. The summed E-state index contributed by atoms with van der Waals surface area (Å²) in [7, 11) is -3.31. The number of sulfonamides is 1. The van der Waals surface area contributed by atoms with Crippen LogP contribution in [0.2, 0.25) is 0 Å². The van der Waals surface area contributed by atoms with Gasteiger partial charge in [-0.3, -0.25) is 0 Å². The van der Waals surface area contributed by atoms with Crippen molar-refractivity contribution in [3.05, 3.63) is 35.9 Å². The first kappa shape index (κ1) is 19.7. The lowest BCUT2D eigenvalue weighted by Crippen LogP contribution is -2.49. The maximum Gasteiger partial charge on any atom is 0.317 e. The van der Waals surface area contributed by atoms with Gasteiger partial charge in [-0.15, -0.1) is 0 Å². The number of carbonyl (C=O) groups excluding carboxylic acids is 1. The molecule has 1 heterocycles. The van der Waals surface area contributed by atoms with Gasteiger partial charge in [-0.25, -0.2) is 17.5 Å². The number of hydrogen-bond acceptors (Lipinski definition) is 3. The summed E-state index contributed by atoms with van der Waals surface area (Å²) in [5.41, 5.74) is 0.720. The van der Waals surface area contributed by atoms with E-state index < -0.39 is 10.0 Å². The molecule has 7 heteroatoms. The molecule has 1 N–H and O–H groups in total. The molecule has 2 amide bonds. The lowest BCUT2D eigenvalue weighted by molar-refractivity contribution is 0.191. The van der Waals surface area contributed by atoms with E-state index in [1.54, 1.807) is 4.90 Å². The molecule has 0 radical (unpaired) electrons. The number of carbonyl (C=O) groups is 1. The Morgan fingerprint density at radius 3 is 2.40 bits per heavy atom. The van der Waals surface area contributed by atoms with Gasteiger partial charge in [-0.1, -0.05) is 30.3 Å². The molecule has 0 spiro atoms. The number of aryl methyl sites for hydroxylation is 1. The third kappa shape index (κ3) is 6.32. The SMILES string of the molecule is CC(C)(C)NC(=O)N1CCCN(S(=O)(=O)CCc2ccccc2)CC1. The lowest BCUT2D eigenvalue weighted by Gasteiger charge is -2.27. The van der Waals surface area contributed by atoms with Gasteiger partial charge in [0.15, 0.2) is 0 Å². The molecule has 1 saturated heterocycles. The predicted molar refractivity (Wildman–Crippen MR) is 100.0 cm³/mol. The Bertz CT molecular complexity index is 669. The van der Waals surface area contributed by atoms with Crippen LogP contribution in [-0.4, -0.2) is 61.1 Å². The molecule has 25 heavy (non-hydrogen) atoms. The summed E-state index contributed by atoms with van der Waals surface area (Å²) in [6, 6.07) is 9.51. The second kappa shape index (κ2) is 8.19. The van der Waals surface area contributed by atoms with Crippen LogP contribution in [0.5, 0.6) is 0 Å². The molecule has 0 aliphatic carbocycles. The third-order valence-corrected chi connectivity index (χ3v) is 5.98. The minimum Gasteiger partial charge on any atom is -0.333 e. The fourth-order valence-corrected chi connectivity index (χ4v) is 4.31. The second-order valence-electron chi connectivity index (χ2n) is 7.47. The Kier molecular flexibility index (Phi) is 6.46. The van der Waals surface area contributed by atoms with Crippen LogP contribution in [0.1, 0.15) is 32.8 Å². The lowest BCUT2D eigenvalue weighted by atomic mass is 10.1. The van der Waals surface area contributed by atoms with Crippen LogP contribution >= 0.6 is 0 Å². The Balaban J connectivity index is 1.91. The van der Waals surface area contributed by atoms with E-state index in [0.717, 1.165) is 5.56 Å². The number of urea groups is 1. The van der Waals surface area contributed by atoms with Crippen LogP contribution < -0.4 is 5.32 Å². The van der Waals surface area contributed by atoms with Crippen LogP contribution in [0.25, 0.3) is 0 Å². The molecule has 1 fully saturated rings. The Morgan fingerprint density at radius 2 is 1.76 bits per heavy atom. The van der Waals surface area contributed by atoms with Gasteiger partial charge in [0, 0.05) is 31.7 Å². The standard InChI is InChI=1S/C18H29N3O3S/c1-18(2,3)19-17(22)20-11-7-12-21(14-13-20)25(23,24)15-10-16-8-5-4-6-9-16/h4-6,8-9H,7,10-15H2,1-3H3,(H,19,22). The zero-order valence-corrected chi connectivity index (χ0v) is 16.2. The minimum atomic E-state index is -3.31. The first-order valence-electron chi connectivity index (χ1n) is 8.76. The van der Waals surface area contributed by atoms with E-state index in [2.05, 4.69) is 5.32 Å². The number of nitrogens with zero attached hydrogens (tertiary/aromatic N) is 2. The molecular formula is C18H29N3O3S. The topological polar surface area (TPSA) is 69.7 Å². The van der Waals surface area contributed by atoms with Crippen LogP contribution in [0.4, 0.5) is 4.79 Å². The van der Waals surface area contributed by atoms with E-state index in [-0.39, 0.29) is 17.3 Å². The van der Waals surface area contributed by atoms with Crippen molar-refractivity contribution in [2.75, 3.05) is 31.9 Å². The third-order valence-electron chi connectivity index (χ3n) is 4.11. The summed E-state index contributed by atoms with van der Waals surface area (Å²) in [6.07, 6.45) is 1.16. The number of rotatable bonds is 4. The zero-order valence-electron chi connectivity index (χ0n) is 15.4. The molecule has 1 aliphatic rings. The summed E-state index contributed by atoms with van der Waals surface area (Å²) >= 11 is 0. The highest BCUT2D eigenvalue weighted by molar-refractivity contribution is 7.89. The Hall–Kier alpha value is -1.60. The second-order valence-corrected chi connectivity index (χ2v) is 9.56. The van der Waals surface area contributed by atoms with E-state index in [1.165, 1.54) is 4.31 Å². The number of nitrogens with one attached hydrogen (secondary N) is 1. The highest BCUT2D eigenvalue weighted by atomic mass is 32.2. The van der Waals surface area contributed by atoms with Crippen molar-refractivity contribution in [2.45, 2.75) is 39.2 Å². The maximum absolute atomic E-state index is 12.6. The normalized spacial score (nSPS) is 17.2. The highest BCUT2D eigenvalue weighted by Gasteiger charge is 2.27. The molecule has 0 unspecified atom stereocenters. The van der Waals surface area contributed by atoms with Crippen LogP contribution in [0.3, 0.4) is 0 Å². The van der Waals surface area contributed by atoms with Gasteiger partial charge in [0.1, 0.15) is 0 Å². The number of hydrogen-bond donors (Lipinski definition) is 1. The van der Waals surface area contributed by atoms with E-state index in [9.17, 15) is 13.2 Å². The molecular weight excluding hydrogens is 338 g/mol. The summed E-state index contributed by atoms with van der Waals surface area (Å²) in [6.45, 7) is 7.62. The van der Waals surface area contributed by atoms with E-state index in [4.69, 9.17) is 0 Å². The van der Waals surface area contributed by atoms with Crippen molar-refractivity contribution in [3.63, 3.8) is 0 Å². The van der Waals surface area contributed by atoms with Crippen molar-refractivity contribution in [2.24, 2.45) is 0 Å². The van der Waals surface area contributed by atoms with Gasteiger partial charge < -0.3 is 10.2 Å². The number of benzene rings is 1. The fourth-order valence-electron chi connectivity index (χ4n) is 2.80. The summed E-state index contributed by atoms with van der Waals surface area (Å²) in [4.78, 5) is 14.0. The molecule has 2 rings (SSSR count). The van der Waals surface area contributed by atoms with Gasteiger partial charge in [0.05, 0.1) is 5.75 Å². The molecule has 1 aliphatic heterocycles.